The zero-order valence-electron chi connectivity index (χ0n) is 11.5. The number of nitrogens with zero attached hydrogens (tertiary/aromatic N) is 4. The zero-order chi connectivity index (χ0) is 13.3. The van der Waals surface area contributed by atoms with E-state index in [1.165, 1.54) is 0 Å². The Morgan fingerprint density at radius 3 is 2.44 bits per heavy atom. The second-order valence-electron chi connectivity index (χ2n) is 5.31. The van der Waals surface area contributed by atoms with E-state index < -0.39 is 0 Å². The molecular formula is C13H19N5. The monoisotopic (exact) mass is 245 g/mol. The molecule has 18 heavy (non-hydrogen) atoms. The number of hydrogen-bond acceptors (Lipinski definition) is 4. The highest BCUT2D eigenvalue weighted by Crippen LogP contribution is 2.25. The lowest BCUT2D eigenvalue weighted by Crippen LogP contribution is -2.19. The summed E-state index contributed by atoms with van der Waals surface area (Å²) in [5.74, 6) is 2.55. The van der Waals surface area contributed by atoms with Crippen LogP contribution in [0.25, 0.3) is 5.82 Å². The van der Waals surface area contributed by atoms with Crippen molar-refractivity contribution in [1.82, 2.24) is 19.5 Å². The molecule has 0 radical (unpaired) electrons. The third kappa shape index (κ3) is 2.20. The van der Waals surface area contributed by atoms with E-state index in [1.807, 2.05) is 24.7 Å². The summed E-state index contributed by atoms with van der Waals surface area (Å²) in [6.45, 7) is 8.33. The number of hydrogen-bond donors (Lipinski definition) is 1. The topological polar surface area (TPSA) is 55.6 Å². The van der Waals surface area contributed by atoms with Crippen LogP contribution in [0.1, 0.15) is 32.2 Å². The number of rotatable bonds is 2. The van der Waals surface area contributed by atoms with Crippen LogP contribution in [-0.4, -0.2) is 26.6 Å². The van der Waals surface area contributed by atoms with Gasteiger partial charge in [-0.1, -0.05) is 20.8 Å². The first-order valence-electron chi connectivity index (χ1n) is 5.98. The number of imidazole rings is 1. The Hall–Kier alpha value is -1.91. The predicted molar refractivity (Wildman–Crippen MR) is 72.1 cm³/mol. The molecule has 2 aromatic heterocycles. The highest BCUT2D eigenvalue weighted by atomic mass is 15.1. The molecule has 0 spiro atoms. The first kappa shape index (κ1) is 12.5. The van der Waals surface area contributed by atoms with Crippen LogP contribution in [0.5, 0.6) is 0 Å². The lowest BCUT2D eigenvalue weighted by atomic mass is 9.95. The van der Waals surface area contributed by atoms with Gasteiger partial charge in [0, 0.05) is 30.4 Å². The Kier molecular flexibility index (Phi) is 3.07. The van der Waals surface area contributed by atoms with Crippen molar-refractivity contribution in [3.8, 4) is 5.82 Å². The average Bonchev–Trinajstić information content (AvgIpc) is 2.81. The van der Waals surface area contributed by atoms with Gasteiger partial charge in [0.05, 0.1) is 0 Å². The van der Waals surface area contributed by atoms with E-state index in [2.05, 4.69) is 41.0 Å². The molecule has 1 N–H and O–H groups in total. The lowest BCUT2D eigenvalue weighted by Gasteiger charge is -2.20. The van der Waals surface area contributed by atoms with Crippen LogP contribution in [0.3, 0.4) is 0 Å². The van der Waals surface area contributed by atoms with Crippen molar-refractivity contribution in [2.75, 3.05) is 12.4 Å². The summed E-state index contributed by atoms with van der Waals surface area (Å²) in [6.07, 6.45) is 5.39. The second kappa shape index (κ2) is 4.40. The third-order valence-electron chi connectivity index (χ3n) is 2.78. The maximum Gasteiger partial charge on any atom is 0.146 e. The quantitative estimate of drug-likeness (QED) is 0.882. The summed E-state index contributed by atoms with van der Waals surface area (Å²) in [5.41, 5.74) is 0.928. The summed E-state index contributed by atoms with van der Waals surface area (Å²) in [5, 5.41) is 3.13. The molecule has 5 heteroatoms. The zero-order valence-corrected chi connectivity index (χ0v) is 11.5. The van der Waals surface area contributed by atoms with Gasteiger partial charge >= 0.3 is 0 Å². The summed E-state index contributed by atoms with van der Waals surface area (Å²) in [6, 6.07) is 0. The van der Waals surface area contributed by atoms with Gasteiger partial charge in [0.2, 0.25) is 0 Å². The van der Waals surface area contributed by atoms with Crippen molar-refractivity contribution in [1.29, 1.82) is 0 Å². The minimum atomic E-state index is -0.0887. The fourth-order valence-corrected chi connectivity index (χ4v) is 1.72. The summed E-state index contributed by atoms with van der Waals surface area (Å²) in [7, 11) is 1.87. The molecule has 0 amide bonds. The molecule has 0 aliphatic heterocycles. The summed E-state index contributed by atoms with van der Waals surface area (Å²) < 4.78 is 1.91. The van der Waals surface area contributed by atoms with Gasteiger partial charge in [-0.2, -0.15) is 0 Å². The molecule has 2 heterocycles. The predicted octanol–water partition coefficient (Wildman–Crippen LogP) is 2.31. The number of aromatic nitrogens is 4. The summed E-state index contributed by atoms with van der Waals surface area (Å²) in [4.78, 5) is 13.3. The molecule has 0 aliphatic carbocycles. The van der Waals surface area contributed by atoms with E-state index in [9.17, 15) is 0 Å². The highest BCUT2D eigenvalue weighted by Gasteiger charge is 2.21. The van der Waals surface area contributed by atoms with Gasteiger partial charge < -0.3 is 5.32 Å². The van der Waals surface area contributed by atoms with E-state index in [4.69, 9.17) is 0 Å². The molecule has 0 bridgehead atoms. The van der Waals surface area contributed by atoms with Crippen LogP contribution in [-0.2, 0) is 5.41 Å². The van der Waals surface area contributed by atoms with Crippen LogP contribution in [0.2, 0.25) is 0 Å². The Bertz CT molecular complexity index is 537. The highest BCUT2D eigenvalue weighted by molar-refractivity contribution is 5.51. The standard InChI is InChI=1S/C13H19N5/c1-9-10(14-5)16-12(13(2,3)4)17-11(9)18-7-6-15-8-18/h6-8H,1-5H3,(H,14,16,17). The normalized spacial score (nSPS) is 11.6. The number of nitrogens with one attached hydrogen (secondary N) is 1. The molecule has 0 saturated carbocycles. The van der Waals surface area contributed by atoms with Crippen LogP contribution in [0.4, 0.5) is 5.82 Å². The third-order valence-corrected chi connectivity index (χ3v) is 2.78. The maximum atomic E-state index is 4.67. The maximum absolute atomic E-state index is 4.67. The van der Waals surface area contributed by atoms with Crippen molar-refractivity contribution in [2.45, 2.75) is 33.1 Å². The molecule has 96 valence electrons. The largest absolute Gasteiger partial charge is 0.373 e. The Morgan fingerprint density at radius 2 is 1.94 bits per heavy atom. The molecule has 0 aliphatic rings. The van der Waals surface area contributed by atoms with Crippen LogP contribution >= 0.6 is 0 Å². The SMILES string of the molecule is CNc1nc(C(C)(C)C)nc(-n2ccnc2)c1C. The fraction of sp³-hybridized carbons (Fsp3) is 0.462. The van der Waals surface area contributed by atoms with Gasteiger partial charge in [0.1, 0.15) is 23.8 Å². The second-order valence-corrected chi connectivity index (χ2v) is 5.31. The smallest absolute Gasteiger partial charge is 0.146 e. The van der Waals surface area contributed by atoms with E-state index >= 15 is 0 Å². The Labute approximate surface area is 107 Å². The fourth-order valence-electron chi connectivity index (χ4n) is 1.72. The molecule has 5 nitrogen and oxygen atoms in total. The molecule has 2 aromatic rings. The van der Waals surface area contributed by atoms with Gasteiger partial charge in [0.25, 0.3) is 0 Å². The molecule has 0 atom stereocenters. The van der Waals surface area contributed by atoms with Crippen LogP contribution < -0.4 is 5.32 Å². The van der Waals surface area contributed by atoms with Gasteiger partial charge in [-0.25, -0.2) is 15.0 Å². The molecule has 0 aromatic carbocycles. The van der Waals surface area contributed by atoms with Crippen LogP contribution in [0.15, 0.2) is 18.7 Å². The molecular weight excluding hydrogens is 226 g/mol. The van der Waals surface area contributed by atoms with Crippen LogP contribution in [0, 0.1) is 6.92 Å². The van der Waals surface area contributed by atoms with Gasteiger partial charge in [-0.05, 0) is 6.92 Å². The van der Waals surface area contributed by atoms with E-state index in [1.54, 1.807) is 12.5 Å². The van der Waals surface area contributed by atoms with Gasteiger partial charge in [-0.3, -0.25) is 4.57 Å². The van der Waals surface area contributed by atoms with E-state index in [0.29, 0.717) is 0 Å². The van der Waals surface area contributed by atoms with Gasteiger partial charge in [-0.15, -0.1) is 0 Å². The van der Waals surface area contributed by atoms with Crippen molar-refractivity contribution >= 4 is 5.82 Å². The molecule has 0 fully saturated rings. The Balaban J connectivity index is 2.65. The van der Waals surface area contributed by atoms with E-state index in [0.717, 1.165) is 23.0 Å². The molecule has 0 saturated heterocycles. The van der Waals surface area contributed by atoms with Crippen molar-refractivity contribution in [2.24, 2.45) is 0 Å². The van der Waals surface area contributed by atoms with Crippen molar-refractivity contribution < 1.29 is 0 Å². The lowest BCUT2D eigenvalue weighted by molar-refractivity contribution is 0.543. The minimum Gasteiger partial charge on any atom is -0.373 e. The van der Waals surface area contributed by atoms with E-state index in [-0.39, 0.29) is 5.41 Å². The van der Waals surface area contributed by atoms with Gasteiger partial charge in [0.15, 0.2) is 0 Å². The summed E-state index contributed by atoms with van der Waals surface area (Å²) >= 11 is 0. The first-order valence-corrected chi connectivity index (χ1v) is 5.98. The van der Waals surface area contributed by atoms with Crippen molar-refractivity contribution in [3.05, 3.63) is 30.1 Å². The van der Waals surface area contributed by atoms with Crippen molar-refractivity contribution in [3.63, 3.8) is 0 Å². The molecule has 2 rings (SSSR count). The minimum absolute atomic E-state index is 0.0887. The molecule has 0 unspecified atom stereocenters. The average molecular weight is 245 g/mol. The first-order chi connectivity index (χ1) is 8.43. The number of anilines is 1. The Morgan fingerprint density at radius 1 is 1.22 bits per heavy atom.